The van der Waals surface area contributed by atoms with Gasteiger partial charge in [0.05, 0.1) is 4.90 Å². The highest BCUT2D eigenvalue weighted by molar-refractivity contribution is 7.89. The van der Waals surface area contributed by atoms with Crippen LogP contribution in [0.3, 0.4) is 0 Å². The number of carbonyl (C=O) groups is 2. The summed E-state index contributed by atoms with van der Waals surface area (Å²) < 4.78 is 28.7. The third-order valence-corrected chi connectivity index (χ3v) is 7.48. The Morgan fingerprint density at radius 1 is 1.17 bits per heavy atom. The van der Waals surface area contributed by atoms with E-state index < -0.39 is 16.1 Å². The summed E-state index contributed by atoms with van der Waals surface area (Å²) in [5, 5.41) is 3.03. The molecule has 1 aliphatic heterocycles. The van der Waals surface area contributed by atoms with Crippen LogP contribution in [-0.2, 0) is 26.0 Å². The van der Waals surface area contributed by atoms with Crippen LogP contribution in [0.4, 0.5) is 5.69 Å². The molecular formula is C22H33N3O4S. The first-order valence-corrected chi connectivity index (χ1v) is 12.5. The van der Waals surface area contributed by atoms with Crippen molar-refractivity contribution in [1.29, 1.82) is 0 Å². The third kappa shape index (κ3) is 5.03. The summed E-state index contributed by atoms with van der Waals surface area (Å²) in [6.07, 6.45) is 6.30. The van der Waals surface area contributed by atoms with E-state index in [0.29, 0.717) is 19.4 Å². The number of carbonyl (C=O) groups excluding carboxylic acids is 2. The molecule has 2 aliphatic rings. The van der Waals surface area contributed by atoms with Crippen molar-refractivity contribution < 1.29 is 18.0 Å². The quantitative estimate of drug-likeness (QED) is 0.688. The van der Waals surface area contributed by atoms with Crippen LogP contribution in [0.1, 0.15) is 64.9 Å². The predicted molar refractivity (Wildman–Crippen MR) is 117 cm³/mol. The van der Waals surface area contributed by atoms with E-state index in [1.807, 2.05) is 20.8 Å². The van der Waals surface area contributed by atoms with Crippen molar-refractivity contribution in [3.63, 3.8) is 0 Å². The Kier molecular flexibility index (Phi) is 7.18. The molecule has 1 aromatic carbocycles. The maximum Gasteiger partial charge on any atom is 0.241 e. The van der Waals surface area contributed by atoms with Crippen LogP contribution in [0.15, 0.2) is 23.1 Å². The summed E-state index contributed by atoms with van der Waals surface area (Å²) in [5.41, 5.74) is 1.61. The first kappa shape index (κ1) is 22.7. The van der Waals surface area contributed by atoms with Gasteiger partial charge in [0.2, 0.25) is 21.8 Å². The maximum absolute atomic E-state index is 13.0. The Morgan fingerprint density at radius 2 is 1.87 bits per heavy atom. The van der Waals surface area contributed by atoms with Crippen LogP contribution in [0.2, 0.25) is 0 Å². The van der Waals surface area contributed by atoms with Crippen LogP contribution in [0.25, 0.3) is 0 Å². The SMILES string of the molecule is CCC(=O)N1CCc2cc(S(=O)(=O)NC(C(=O)NC3CCCCC3)C(C)C)ccc21. The molecule has 0 radical (unpaired) electrons. The van der Waals surface area contributed by atoms with Gasteiger partial charge in [-0.05, 0) is 48.9 Å². The van der Waals surface area contributed by atoms with Crippen LogP contribution in [0, 0.1) is 5.92 Å². The zero-order chi connectivity index (χ0) is 21.9. The van der Waals surface area contributed by atoms with Crippen molar-refractivity contribution in [3.8, 4) is 0 Å². The fourth-order valence-electron chi connectivity index (χ4n) is 4.26. The number of hydrogen-bond donors (Lipinski definition) is 2. The first-order chi connectivity index (χ1) is 14.2. The highest BCUT2D eigenvalue weighted by Gasteiger charge is 2.31. The number of hydrogen-bond acceptors (Lipinski definition) is 4. The van der Waals surface area contributed by atoms with Crippen molar-refractivity contribution in [2.24, 2.45) is 5.92 Å². The summed E-state index contributed by atoms with van der Waals surface area (Å²) in [4.78, 5) is 26.7. The van der Waals surface area contributed by atoms with Gasteiger partial charge in [-0.3, -0.25) is 9.59 Å². The van der Waals surface area contributed by atoms with Crippen molar-refractivity contribution >= 4 is 27.5 Å². The molecule has 0 bridgehead atoms. The first-order valence-electron chi connectivity index (χ1n) is 11.0. The minimum atomic E-state index is -3.87. The number of amides is 2. The lowest BCUT2D eigenvalue weighted by Crippen LogP contribution is -2.52. The average molecular weight is 436 g/mol. The minimum Gasteiger partial charge on any atom is -0.352 e. The van der Waals surface area contributed by atoms with Crippen molar-refractivity contribution in [2.45, 2.75) is 82.7 Å². The Hall–Kier alpha value is -1.93. The van der Waals surface area contributed by atoms with E-state index in [4.69, 9.17) is 0 Å². The summed E-state index contributed by atoms with van der Waals surface area (Å²) in [5.74, 6) is -0.418. The topological polar surface area (TPSA) is 95.6 Å². The van der Waals surface area contributed by atoms with E-state index in [2.05, 4.69) is 10.0 Å². The van der Waals surface area contributed by atoms with Crippen LogP contribution in [0.5, 0.6) is 0 Å². The smallest absolute Gasteiger partial charge is 0.241 e. The predicted octanol–water partition coefficient (Wildman–Crippen LogP) is 2.74. The molecule has 1 aromatic rings. The lowest BCUT2D eigenvalue weighted by atomic mass is 9.94. The minimum absolute atomic E-state index is 0.0294. The molecule has 1 aliphatic carbocycles. The van der Waals surface area contributed by atoms with E-state index >= 15 is 0 Å². The fourth-order valence-corrected chi connectivity index (χ4v) is 5.65. The molecule has 30 heavy (non-hydrogen) atoms. The fraction of sp³-hybridized carbons (Fsp3) is 0.636. The molecule has 1 heterocycles. The molecule has 0 saturated heterocycles. The van der Waals surface area contributed by atoms with Crippen LogP contribution >= 0.6 is 0 Å². The Labute approximate surface area is 179 Å². The molecule has 1 fully saturated rings. The van der Waals surface area contributed by atoms with E-state index in [9.17, 15) is 18.0 Å². The Bertz CT molecular complexity index is 892. The second-order valence-electron chi connectivity index (χ2n) is 8.63. The molecule has 0 aromatic heterocycles. The monoisotopic (exact) mass is 435 g/mol. The van der Waals surface area contributed by atoms with Gasteiger partial charge in [-0.15, -0.1) is 0 Å². The van der Waals surface area contributed by atoms with Crippen molar-refractivity contribution in [2.75, 3.05) is 11.4 Å². The van der Waals surface area contributed by atoms with E-state index in [1.165, 1.54) is 12.5 Å². The van der Waals surface area contributed by atoms with E-state index in [1.54, 1.807) is 17.0 Å². The summed E-state index contributed by atoms with van der Waals surface area (Å²) >= 11 is 0. The molecular weight excluding hydrogens is 402 g/mol. The number of fused-ring (bicyclic) bond motifs is 1. The number of anilines is 1. The lowest BCUT2D eigenvalue weighted by molar-refractivity contribution is -0.124. The summed E-state index contributed by atoms with van der Waals surface area (Å²) in [6.45, 7) is 6.06. The summed E-state index contributed by atoms with van der Waals surface area (Å²) in [6, 6.07) is 4.12. The third-order valence-electron chi connectivity index (χ3n) is 6.04. The van der Waals surface area contributed by atoms with Crippen LogP contribution in [-0.4, -0.2) is 38.9 Å². The molecule has 166 valence electrons. The standard InChI is InChI=1S/C22H33N3O4S/c1-4-20(26)25-13-12-16-14-18(10-11-19(16)25)30(28,29)24-21(15(2)3)22(27)23-17-8-6-5-7-9-17/h10-11,14-15,17,21,24H,4-9,12-13H2,1-3H3,(H,23,27). The van der Waals surface area contributed by atoms with E-state index in [0.717, 1.165) is 36.9 Å². The molecule has 2 amide bonds. The number of rotatable bonds is 7. The Balaban J connectivity index is 1.75. The second kappa shape index (κ2) is 9.47. The van der Waals surface area contributed by atoms with Gasteiger partial charge in [0.1, 0.15) is 6.04 Å². The average Bonchev–Trinajstić information content (AvgIpc) is 3.15. The highest BCUT2D eigenvalue weighted by Crippen LogP contribution is 2.31. The molecule has 8 heteroatoms. The van der Waals surface area contributed by atoms with Gasteiger partial charge in [0.15, 0.2) is 0 Å². The lowest BCUT2D eigenvalue weighted by Gasteiger charge is -2.27. The van der Waals surface area contributed by atoms with Crippen molar-refractivity contribution in [3.05, 3.63) is 23.8 Å². The molecule has 7 nitrogen and oxygen atoms in total. The molecule has 3 rings (SSSR count). The molecule has 0 spiro atoms. The zero-order valence-corrected chi connectivity index (χ0v) is 18.9. The van der Waals surface area contributed by atoms with E-state index in [-0.39, 0.29) is 28.7 Å². The highest BCUT2D eigenvalue weighted by atomic mass is 32.2. The van der Waals surface area contributed by atoms with Gasteiger partial charge in [0, 0.05) is 24.7 Å². The van der Waals surface area contributed by atoms with Crippen LogP contribution < -0.4 is 14.9 Å². The van der Waals surface area contributed by atoms with Gasteiger partial charge < -0.3 is 10.2 Å². The normalized spacial score (nSPS) is 18.3. The number of nitrogens with one attached hydrogen (secondary N) is 2. The maximum atomic E-state index is 13.0. The molecule has 1 saturated carbocycles. The Morgan fingerprint density at radius 3 is 2.50 bits per heavy atom. The molecule has 2 N–H and O–H groups in total. The van der Waals surface area contributed by atoms with Gasteiger partial charge in [-0.1, -0.05) is 40.0 Å². The second-order valence-corrected chi connectivity index (χ2v) is 10.3. The summed E-state index contributed by atoms with van der Waals surface area (Å²) in [7, 11) is -3.87. The number of benzene rings is 1. The van der Waals surface area contributed by atoms with Gasteiger partial charge >= 0.3 is 0 Å². The van der Waals surface area contributed by atoms with Crippen molar-refractivity contribution in [1.82, 2.24) is 10.0 Å². The largest absolute Gasteiger partial charge is 0.352 e. The van der Waals surface area contributed by atoms with Gasteiger partial charge in [-0.25, -0.2) is 8.42 Å². The molecule has 1 atom stereocenters. The van der Waals surface area contributed by atoms with Gasteiger partial charge in [-0.2, -0.15) is 4.72 Å². The zero-order valence-electron chi connectivity index (χ0n) is 18.1. The number of nitrogens with zero attached hydrogens (tertiary/aromatic N) is 1. The van der Waals surface area contributed by atoms with Gasteiger partial charge in [0.25, 0.3) is 0 Å². The number of sulfonamides is 1. The molecule has 1 unspecified atom stereocenters.